The van der Waals surface area contributed by atoms with E-state index in [-0.39, 0.29) is 16.5 Å². The normalized spacial score (nSPS) is 12.2. The minimum atomic E-state index is -3.89. The lowest BCUT2D eigenvalue weighted by Gasteiger charge is -2.19. The van der Waals surface area contributed by atoms with Gasteiger partial charge in [-0.2, -0.15) is 0 Å². The average molecular weight is 408 g/mol. The summed E-state index contributed by atoms with van der Waals surface area (Å²) in [6.07, 6.45) is 0. The molecule has 0 unspecified atom stereocenters. The topological polar surface area (TPSA) is 103 Å². The zero-order valence-corrected chi connectivity index (χ0v) is 17.2. The summed E-state index contributed by atoms with van der Waals surface area (Å²) in [6.45, 7) is 3.03. The Labute approximate surface area is 164 Å². The number of amides is 1. The van der Waals surface area contributed by atoms with Crippen LogP contribution < -0.4 is 24.2 Å². The van der Waals surface area contributed by atoms with Crippen LogP contribution in [0.2, 0.25) is 0 Å². The number of hydrogen-bond acceptors (Lipinski definition) is 6. The van der Waals surface area contributed by atoms with E-state index >= 15 is 0 Å². The molecule has 2 N–H and O–H groups in total. The van der Waals surface area contributed by atoms with Gasteiger partial charge in [-0.25, -0.2) is 13.1 Å². The molecule has 2 aromatic rings. The van der Waals surface area contributed by atoms with E-state index in [0.29, 0.717) is 22.8 Å². The molecule has 2 aromatic carbocycles. The number of carbonyl (C=O) groups is 1. The van der Waals surface area contributed by atoms with Crippen LogP contribution in [0.25, 0.3) is 0 Å². The van der Waals surface area contributed by atoms with Gasteiger partial charge in [-0.3, -0.25) is 4.79 Å². The van der Waals surface area contributed by atoms with Crippen LogP contribution in [-0.2, 0) is 14.8 Å². The third kappa shape index (κ3) is 4.93. The number of anilines is 1. The zero-order valence-electron chi connectivity index (χ0n) is 16.4. The highest BCUT2D eigenvalue weighted by Crippen LogP contribution is 2.31. The molecule has 0 saturated heterocycles. The molecule has 1 amide bonds. The average Bonchev–Trinajstić information content (AvgIpc) is 2.66. The van der Waals surface area contributed by atoms with Crippen molar-refractivity contribution in [1.29, 1.82) is 0 Å². The van der Waals surface area contributed by atoms with E-state index in [1.54, 1.807) is 25.1 Å². The number of rotatable bonds is 8. The van der Waals surface area contributed by atoms with Gasteiger partial charge in [0.05, 0.1) is 31.9 Å². The van der Waals surface area contributed by atoms with E-state index in [2.05, 4.69) is 10.0 Å². The molecule has 152 valence electrons. The number of ether oxygens (including phenoxy) is 3. The van der Waals surface area contributed by atoms with E-state index in [9.17, 15) is 13.2 Å². The van der Waals surface area contributed by atoms with Crippen LogP contribution >= 0.6 is 0 Å². The highest BCUT2D eigenvalue weighted by Gasteiger charge is 2.22. The minimum Gasteiger partial charge on any atom is -0.497 e. The summed E-state index contributed by atoms with van der Waals surface area (Å²) in [5.74, 6) is 1.14. The molecule has 1 atom stereocenters. The summed E-state index contributed by atoms with van der Waals surface area (Å²) in [5, 5.41) is 2.56. The monoisotopic (exact) mass is 408 g/mol. The molecule has 0 fully saturated rings. The number of sulfonamides is 1. The standard InChI is InChI=1S/C19H24N2O6S/c1-12(16-10-14(25-3)6-8-18(16)26-4)21-28(23,24)15-7-9-19(27-5)17(11-15)20-13(2)22/h6-12,21H,1-5H3,(H,20,22)/t12-/m0/s1. The molecule has 8 nitrogen and oxygen atoms in total. The van der Waals surface area contributed by atoms with Crippen molar-refractivity contribution in [3.05, 3.63) is 42.0 Å². The van der Waals surface area contributed by atoms with Crippen LogP contribution in [0, 0.1) is 0 Å². The fourth-order valence-corrected chi connectivity index (χ4v) is 3.93. The first-order valence-electron chi connectivity index (χ1n) is 8.41. The molecule has 0 heterocycles. The van der Waals surface area contributed by atoms with Gasteiger partial charge in [-0.15, -0.1) is 0 Å². The Hall–Kier alpha value is -2.78. The summed E-state index contributed by atoms with van der Waals surface area (Å²) >= 11 is 0. The fraction of sp³-hybridized carbons (Fsp3) is 0.316. The number of nitrogens with one attached hydrogen (secondary N) is 2. The maximum atomic E-state index is 12.9. The van der Waals surface area contributed by atoms with Gasteiger partial charge in [0.15, 0.2) is 0 Å². The predicted octanol–water partition coefficient (Wildman–Crippen LogP) is 2.71. The summed E-state index contributed by atoms with van der Waals surface area (Å²) in [5.41, 5.74) is 0.894. The van der Waals surface area contributed by atoms with Gasteiger partial charge < -0.3 is 19.5 Å². The lowest BCUT2D eigenvalue weighted by molar-refractivity contribution is -0.114. The summed E-state index contributed by atoms with van der Waals surface area (Å²) in [4.78, 5) is 11.4. The number of methoxy groups -OCH3 is 3. The molecule has 0 bridgehead atoms. The maximum absolute atomic E-state index is 12.9. The van der Waals surface area contributed by atoms with Crippen molar-refractivity contribution in [1.82, 2.24) is 4.72 Å². The Bertz CT molecular complexity index is 959. The van der Waals surface area contributed by atoms with Crippen molar-refractivity contribution >= 4 is 21.6 Å². The van der Waals surface area contributed by atoms with Crippen molar-refractivity contribution in [3.63, 3.8) is 0 Å². The van der Waals surface area contributed by atoms with Gasteiger partial charge in [0, 0.05) is 18.5 Å². The largest absolute Gasteiger partial charge is 0.497 e. The lowest BCUT2D eigenvalue weighted by atomic mass is 10.1. The first-order chi connectivity index (χ1) is 13.2. The highest BCUT2D eigenvalue weighted by molar-refractivity contribution is 7.89. The van der Waals surface area contributed by atoms with E-state index in [1.165, 1.54) is 46.5 Å². The van der Waals surface area contributed by atoms with Gasteiger partial charge in [0.1, 0.15) is 17.2 Å². The predicted molar refractivity (Wildman–Crippen MR) is 106 cm³/mol. The number of hydrogen-bond donors (Lipinski definition) is 2. The van der Waals surface area contributed by atoms with E-state index in [4.69, 9.17) is 14.2 Å². The van der Waals surface area contributed by atoms with Gasteiger partial charge >= 0.3 is 0 Å². The van der Waals surface area contributed by atoms with Crippen molar-refractivity contribution < 1.29 is 27.4 Å². The summed E-state index contributed by atoms with van der Waals surface area (Å²) in [7, 11) is 0.585. The van der Waals surface area contributed by atoms with Crippen LogP contribution in [0.1, 0.15) is 25.5 Å². The highest BCUT2D eigenvalue weighted by atomic mass is 32.2. The molecular formula is C19H24N2O6S. The molecule has 0 saturated carbocycles. The van der Waals surface area contributed by atoms with Crippen molar-refractivity contribution in [2.24, 2.45) is 0 Å². The third-order valence-electron chi connectivity index (χ3n) is 4.03. The van der Waals surface area contributed by atoms with Crippen molar-refractivity contribution in [3.8, 4) is 17.2 Å². The first-order valence-corrected chi connectivity index (χ1v) is 9.90. The van der Waals surface area contributed by atoms with Gasteiger partial charge in [-0.05, 0) is 43.3 Å². The Kier molecular flexibility index (Phi) is 6.87. The molecule has 28 heavy (non-hydrogen) atoms. The Morgan fingerprint density at radius 2 is 1.61 bits per heavy atom. The van der Waals surface area contributed by atoms with Gasteiger partial charge in [0.25, 0.3) is 0 Å². The van der Waals surface area contributed by atoms with Gasteiger partial charge in [0.2, 0.25) is 15.9 Å². The second-order valence-corrected chi connectivity index (χ2v) is 7.71. The zero-order chi connectivity index (χ0) is 20.9. The SMILES string of the molecule is COc1ccc(OC)c([C@H](C)NS(=O)(=O)c2ccc(OC)c(NC(C)=O)c2)c1. The first kappa shape index (κ1) is 21.5. The Balaban J connectivity index is 2.37. The number of benzene rings is 2. The Morgan fingerprint density at radius 1 is 0.964 bits per heavy atom. The van der Waals surface area contributed by atoms with Crippen molar-refractivity contribution in [2.45, 2.75) is 24.8 Å². The van der Waals surface area contributed by atoms with E-state index in [1.807, 2.05) is 0 Å². The molecular weight excluding hydrogens is 384 g/mol. The Morgan fingerprint density at radius 3 is 2.18 bits per heavy atom. The smallest absolute Gasteiger partial charge is 0.241 e. The van der Waals surface area contributed by atoms with Crippen LogP contribution in [0.5, 0.6) is 17.2 Å². The van der Waals surface area contributed by atoms with E-state index in [0.717, 1.165) is 0 Å². The minimum absolute atomic E-state index is 0.00855. The lowest BCUT2D eigenvalue weighted by Crippen LogP contribution is -2.27. The molecule has 9 heteroatoms. The molecule has 0 aliphatic carbocycles. The number of carbonyl (C=O) groups excluding carboxylic acids is 1. The summed E-state index contributed by atoms with van der Waals surface area (Å²) < 4.78 is 44.1. The van der Waals surface area contributed by atoms with Crippen LogP contribution in [0.3, 0.4) is 0 Å². The second-order valence-electron chi connectivity index (χ2n) is 5.99. The molecule has 0 aliphatic heterocycles. The molecule has 0 radical (unpaired) electrons. The van der Waals surface area contributed by atoms with Crippen LogP contribution in [0.15, 0.2) is 41.3 Å². The quantitative estimate of drug-likeness (QED) is 0.696. The van der Waals surface area contributed by atoms with Crippen molar-refractivity contribution in [2.75, 3.05) is 26.6 Å². The molecule has 2 rings (SSSR count). The fourth-order valence-electron chi connectivity index (χ4n) is 2.68. The molecule has 0 spiro atoms. The van der Waals surface area contributed by atoms with Crippen LogP contribution in [0.4, 0.5) is 5.69 Å². The summed E-state index contributed by atoms with van der Waals surface area (Å²) in [6, 6.07) is 8.79. The molecule has 0 aromatic heterocycles. The van der Waals surface area contributed by atoms with Gasteiger partial charge in [-0.1, -0.05) is 0 Å². The second kappa shape index (κ2) is 8.94. The molecule has 0 aliphatic rings. The van der Waals surface area contributed by atoms with E-state index < -0.39 is 16.1 Å². The van der Waals surface area contributed by atoms with Crippen LogP contribution in [-0.4, -0.2) is 35.7 Å². The maximum Gasteiger partial charge on any atom is 0.241 e. The third-order valence-corrected chi connectivity index (χ3v) is 5.57.